The standard InChI is InChI=1S/C10H17N3O6/c11-8(14)6-18-3-1-12-10(17)13-2-4-19-7(5-13)9(15)16/h7H,1-6H2,(H2,11,14)(H,12,17)(H,15,16). The summed E-state index contributed by atoms with van der Waals surface area (Å²) in [5, 5.41) is 11.3. The lowest BCUT2D eigenvalue weighted by atomic mass is 10.3. The number of amides is 3. The molecule has 0 aromatic heterocycles. The van der Waals surface area contributed by atoms with Gasteiger partial charge in [0.25, 0.3) is 0 Å². The Balaban J connectivity index is 2.21. The Labute approximate surface area is 109 Å². The van der Waals surface area contributed by atoms with Crippen molar-refractivity contribution < 1.29 is 29.0 Å². The predicted molar refractivity (Wildman–Crippen MR) is 62.4 cm³/mol. The highest BCUT2D eigenvalue weighted by Crippen LogP contribution is 2.05. The summed E-state index contributed by atoms with van der Waals surface area (Å²) in [6, 6.07) is -0.391. The van der Waals surface area contributed by atoms with Gasteiger partial charge in [0.2, 0.25) is 5.91 Å². The van der Waals surface area contributed by atoms with Crippen LogP contribution in [0.3, 0.4) is 0 Å². The number of carboxylic acids is 1. The first-order chi connectivity index (χ1) is 9.00. The summed E-state index contributed by atoms with van der Waals surface area (Å²) < 4.78 is 9.86. The van der Waals surface area contributed by atoms with Crippen molar-refractivity contribution in [1.29, 1.82) is 0 Å². The van der Waals surface area contributed by atoms with Crippen molar-refractivity contribution in [2.45, 2.75) is 6.10 Å². The number of urea groups is 1. The zero-order valence-corrected chi connectivity index (χ0v) is 10.3. The Morgan fingerprint density at radius 2 is 2.21 bits per heavy atom. The van der Waals surface area contributed by atoms with Crippen LogP contribution in [0.4, 0.5) is 4.79 Å². The maximum absolute atomic E-state index is 11.7. The van der Waals surface area contributed by atoms with Crippen molar-refractivity contribution in [3.05, 3.63) is 0 Å². The minimum absolute atomic E-state index is 0.00328. The second-order valence-corrected chi connectivity index (χ2v) is 3.89. The van der Waals surface area contributed by atoms with Gasteiger partial charge in [0.15, 0.2) is 6.10 Å². The number of rotatable bonds is 6. The van der Waals surface area contributed by atoms with Gasteiger partial charge in [-0.25, -0.2) is 9.59 Å². The monoisotopic (exact) mass is 275 g/mol. The molecule has 0 saturated carbocycles. The summed E-state index contributed by atoms with van der Waals surface area (Å²) in [5.41, 5.74) is 4.87. The molecule has 19 heavy (non-hydrogen) atoms. The predicted octanol–water partition coefficient (Wildman–Crippen LogP) is -2.02. The fourth-order valence-electron chi connectivity index (χ4n) is 1.50. The molecule has 9 nitrogen and oxygen atoms in total. The van der Waals surface area contributed by atoms with Gasteiger partial charge >= 0.3 is 12.0 Å². The van der Waals surface area contributed by atoms with Crippen LogP contribution in [0.2, 0.25) is 0 Å². The van der Waals surface area contributed by atoms with Gasteiger partial charge in [-0.15, -0.1) is 0 Å². The van der Waals surface area contributed by atoms with Gasteiger partial charge in [-0.3, -0.25) is 4.79 Å². The molecule has 0 radical (unpaired) electrons. The Bertz CT molecular complexity index is 348. The molecular formula is C10H17N3O6. The topological polar surface area (TPSA) is 131 Å². The van der Waals surface area contributed by atoms with Gasteiger partial charge in [-0.05, 0) is 0 Å². The highest BCUT2D eigenvalue weighted by atomic mass is 16.5. The SMILES string of the molecule is NC(=O)COCCNC(=O)N1CCOC(C(=O)O)C1. The van der Waals surface area contributed by atoms with E-state index in [0.717, 1.165) is 0 Å². The number of primary amides is 1. The van der Waals surface area contributed by atoms with Crippen molar-refractivity contribution in [2.24, 2.45) is 5.73 Å². The molecule has 1 fully saturated rings. The molecule has 0 aromatic carbocycles. The summed E-state index contributed by atoms with van der Waals surface area (Å²) in [6.07, 6.45) is -0.995. The number of carboxylic acid groups (broad SMARTS) is 1. The zero-order valence-electron chi connectivity index (χ0n) is 10.3. The van der Waals surface area contributed by atoms with Crippen LogP contribution in [-0.2, 0) is 19.1 Å². The molecule has 1 saturated heterocycles. The average Bonchev–Trinajstić information content (AvgIpc) is 2.37. The number of aliphatic carboxylic acids is 1. The second-order valence-electron chi connectivity index (χ2n) is 3.89. The van der Waals surface area contributed by atoms with Gasteiger partial charge in [0.05, 0.1) is 19.8 Å². The number of nitrogens with two attached hydrogens (primary N) is 1. The third-order valence-corrected chi connectivity index (χ3v) is 2.40. The molecule has 9 heteroatoms. The third kappa shape index (κ3) is 5.53. The Kier molecular flexibility index (Phi) is 6.03. The highest BCUT2D eigenvalue weighted by molar-refractivity contribution is 5.77. The van der Waals surface area contributed by atoms with Crippen molar-refractivity contribution in [3.8, 4) is 0 Å². The lowest BCUT2D eigenvalue weighted by Crippen LogP contribution is -2.52. The van der Waals surface area contributed by atoms with E-state index in [4.69, 9.17) is 20.3 Å². The number of carbonyl (C=O) groups excluding carboxylic acids is 2. The summed E-state index contributed by atoms with van der Waals surface area (Å²) in [6.45, 7) is 0.681. The molecule has 1 aliphatic rings. The van der Waals surface area contributed by atoms with E-state index in [1.807, 2.05) is 0 Å². The molecule has 1 unspecified atom stereocenters. The first-order valence-corrected chi connectivity index (χ1v) is 5.74. The van der Waals surface area contributed by atoms with E-state index in [0.29, 0.717) is 6.54 Å². The smallest absolute Gasteiger partial charge is 0.334 e. The molecule has 0 aromatic rings. The number of morpholine rings is 1. The third-order valence-electron chi connectivity index (χ3n) is 2.40. The van der Waals surface area contributed by atoms with Crippen LogP contribution in [0.25, 0.3) is 0 Å². The molecule has 1 rings (SSSR count). The van der Waals surface area contributed by atoms with E-state index in [9.17, 15) is 14.4 Å². The summed E-state index contributed by atoms with van der Waals surface area (Å²) >= 11 is 0. The molecule has 1 atom stereocenters. The lowest BCUT2D eigenvalue weighted by Gasteiger charge is -2.30. The van der Waals surface area contributed by atoms with Gasteiger partial charge in [-0.2, -0.15) is 0 Å². The first kappa shape index (κ1) is 15.2. The number of ether oxygens (including phenoxy) is 2. The van der Waals surface area contributed by atoms with Crippen LogP contribution >= 0.6 is 0 Å². The fourth-order valence-corrected chi connectivity index (χ4v) is 1.50. The van der Waals surface area contributed by atoms with E-state index in [2.05, 4.69) is 5.32 Å². The molecule has 1 heterocycles. The molecule has 0 bridgehead atoms. The number of carbonyl (C=O) groups is 3. The second kappa shape index (κ2) is 7.54. The Hall–Kier alpha value is -1.87. The first-order valence-electron chi connectivity index (χ1n) is 5.74. The van der Waals surface area contributed by atoms with Crippen LogP contribution in [-0.4, -0.2) is 73.5 Å². The van der Waals surface area contributed by atoms with Crippen LogP contribution in [0.5, 0.6) is 0 Å². The summed E-state index contributed by atoms with van der Waals surface area (Å²) in [4.78, 5) is 34.2. The zero-order chi connectivity index (χ0) is 14.3. The molecule has 4 N–H and O–H groups in total. The fraction of sp³-hybridized carbons (Fsp3) is 0.700. The molecule has 108 valence electrons. The van der Waals surface area contributed by atoms with E-state index in [1.165, 1.54) is 4.90 Å². The van der Waals surface area contributed by atoms with E-state index in [1.54, 1.807) is 0 Å². The number of hydrogen-bond donors (Lipinski definition) is 3. The van der Waals surface area contributed by atoms with Crippen LogP contribution in [0.15, 0.2) is 0 Å². The van der Waals surface area contributed by atoms with Gasteiger partial charge < -0.3 is 30.5 Å². The van der Waals surface area contributed by atoms with Gasteiger partial charge in [0.1, 0.15) is 6.61 Å². The summed E-state index contributed by atoms with van der Waals surface area (Å²) in [7, 11) is 0. The van der Waals surface area contributed by atoms with E-state index in [-0.39, 0.29) is 32.9 Å². The number of hydrogen-bond acceptors (Lipinski definition) is 5. The van der Waals surface area contributed by atoms with Crippen LogP contribution < -0.4 is 11.1 Å². The molecule has 0 spiro atoms. The van der Waals surface area contributed by atoms with E-state index < -0.39 is 24.0 Å². The molecule has 3 amide bonds. The average molecular weight is 275 g/mol. The van der Waals surface area contributed by atoms with Crippen molar-refractivity contribution in [2.75, 3.05) is 39.5 Å². The normalized spacial score (nSPS) is 18.9. The Morgan fingerprint density at radius 3 is 2.84 bits per heavy atom. The summed E-state index contributed by atoms with van der Waals surface area (Å²) in [5.74, 6) is -1.67. The lowest BCUT2D eigenvalue weighted by molar-refractivity contribution is -0.154. The van der Waals surface area contributed by atoms with Crippen molar-refractivity contribution in [3.63, 3.8) is 0 Å². The quantitative estimate of drug-likeness (QED) is 0.480. The van der Waals surface area contributed by atoms with Gasteiger partial charge in [-0.1, -0.05) is 0 Å². The minimum Gasteiger partial charge on any atom is -0.479 e. The number of nitrogens with zero attached hydrogens (tertiary/aromatic N) is 1. The minimum atomic E-state index is -1.10. The van der Waals surface area contributed by atoms with Crippen LogP contribution in [0, 0.1) is 0 Å². The van der Waals surface area contributed by atoms with Crippen molar-refractivity contribution in [1.82, 2.24) is 10.2 Å². The number of nitrogens with one attached hydrogen (secondary N) is 1. The maximum atomic E-state index is 11.7. The highest BCUT2D eigenvalue weighted by Gasteiger charge is 2.28. The van der Waals surface area contributed by atoms with Gasteiger partial charge in [0, 0.05) is 13.1 Å². The molecular weight excluding hydrogens is 258 g/mol. The Morgan fingerprint density at radius 1 is 1.47 bits per heavy atom. The maximum Gasteiger partial charge on any atom is 0.334 e. The van der Waals surface area contributed by atoms with Crippen LogP contribution in [0.1, 0.15) is 0 Å². The van der Waals surface area contributed by atoms with E-state index >= 15 is 0 Å². The van der Waals surface area contributed by atoms with Crippen molar-refractivity contribution >= 4 is 17.9 Å². The molecule has 0 aliphatic carbocycles. The molecule has 1 aliphatic heterocycles. The largest absolute Gasteiger partial charge is 0.479 e.